The first-order valence-electron chi connectivity index (χ1n) is 8.32. The predicted molar refractivity (Wildman–Crippen MR) is 84.2 cm³/mol. The third-order valence-electron chi connectivity index (χ3n) is 4.96. The lowest BCUT2D eigenvalue weighted by atomic mass is 9.81. The number of piperidine rings is 1. The Morgan fingerprint density at radius 2 is 2.25 bits per heavy atom. The van der Waals surface area contributed by atoms with Gasteiger partial charge in [0.1, 0.15) is 0 Å². The number of ether oxygens (including phenoxy) is 1. The third-order valence-corrected chi connectivity index (χ3v) is 4.96. The molecule has 1 N–H and O–H groups in total. The largest absolute Gasteiger partial charge is 0.381 e. The minimum absolute atomic E-state index is 0.318. The van der Waals surface area contributed by atoms with Crippen LogP contribution >= 0.6 is 0 Å². The topological polar surface area (TPSA) is 27.7 Å². The molecule has 0 saturated carbocycles. The molecule has 2 saturated heterocycles. The molecular weight excluding hydrogens is 250 g/mol. The highest BCUT2D eigenvalue weighted by molar-refractivity contribution is 4.89. The number of hydrogen-bond donors (Lipinski definition) is 1. The minimum Gasteiger partial charge on any atom is -0.381 e. The highest BCUT2D eigenvalue weighted by Crippen LogP contribution is 2.30. The molecule has 2 aliphatic rings. The summed E-state index contributed by atoms with van der Waals surface area (Å²) in [5, 5.41) is 3.56. The molecule has 0 aromatic heterocycles. The van der Waals surface area contributed by atoms with Gasteiger partial charge in [0, 0.05) is 37.7 Å². The second-order valence-electron chi connectivity index (χ2n) is 6.91. The smallest absolute Gasteiger partial charge is 0.0546 e. The molecule has 0 aromatic rings. The van der Waals surface area contributed by atoms with Crippen molar-refractivity contribution in [1.29, 1.82) is 0 Å². The lowest BCUT2D eigenvalue weighted by Crippen LogP contribution is -2.53. The lowest BCUT2D eigenvalue weighted by Gasteiger charge is -2.44. The van der Waals surface area contributed by atoms with Gasteiger partial charge in [0.25, 0.3) is 0 Å². The fourth-order valence-corrected chi connectivity index (χ4v) is 3.78. The van der Waals surface area contributed by atoms with E-state index in [2.05, 4.69) is 36.1 Å². The molecule has 2 heterocycles. The molecule has 118 valence electrons. The Balaban J connectivity index is 1.91. The summed E-state index contributed by atoms with van der Waals surface area (Å²) in [4.78, 5) is 5.07. The van der Waals surface area contributed by atoms with Gasteiger partial charge in [0.05, 0.1) is 6.61 Å². The van der Waals surface area contributed by atoms with Crippen LogP contribution in [0, 0.1) is 5.41 Å². The van der Waals surface area contributed by atoms with Crippen LogP contribution < -0.4 is 5.32 Å². The highest BCUT2D eigenvalue weighted by Gasteiger charge is 2.35. The number of nitrogens with one attached hydrogen (secondary N) is 1. The van der Waals surface area contributed by atoms with E-state index in [1.165, 1.54) is 45.3 Å². The monoisotopic (exact) mass is 283 g/mol. The average molecular weight is 283 g/mol. The fraction of sp³-hybridized carbons (Fsp3) is 1.00. The lowest BCUT2D eigenvalue weighted by molar-refractivity contribution is -0.0323. The van der Waals surface area contributed by atoms with Crippen molar-refractivity contribution in [1.82, 2.24) is 15.1 Å². The molecule has 0 aromatic carbocycles. The summed E-state index contributed by atoms with van der Waals surface area (Å²) in [5.41, 5.74) is 0.318. The maximum atomic E-state index is 5.81. The van der Waals surface area contributed by atoms with Crippen molar-refractivity contribution < 1.29 is 4.74 Å². The maximum absolute atomic E-state index is 5.81. The summed E-state index contributed by atoms with van der Waals surface area (Å²) in [6.45, 7) is 9.85. The van der Waals surface area contributed by atoms with Crippen LogP contribution in [0.15, 0.2) is 0 Å². The summed E-state index contributed by atoms with van der Waals surface area (Å²) in [5.74, 6) is 0. The van der Waals surface area contributed by atoms with E-state index in [1.807, 2.05) is 0 Å². The van der Waals surface area contributed by atoms with Crippen molar-refractivity contribution in [2.45, 2.75) is 38.6 Å². The molecule has 0 radical (unpaired) electrons. The molecule has 2 atom stereocenters. The summed E-state index contributed by atoms with van der Waals surface area (Å²) < 4.78 is 5.81. The molecule has 4 heteroatoms. The van der Waals surface area contributed by atoms with E-state index >= 15 is 0 Å². The molecule has 0 aliphatic carbocycles. The van der Waals surface area contributed by atoms with Crippen molar-refractivity contribution in [2.75, 3.05) is 60.0 Å². The Bertz CT molecular complexity index is 279. The van der Waals surface area contributed by atoms with E-state index < -0.39 is 0 Å². The van der Waals surface area contributed by atoms with E-state index in [1.54, 1.807) is 0 Å². The van der Waals surface area contributed by atoms with Crippen molar-refractivity contribution >= 4 is 0 Å². The first kappa shape index (κ1) is 16.2. The summed E-state index contributed by atoms with van der Waals surface area (Å²) in [6.07, 6.45) is 5.19. The molecule has 2 fully saturated rings. The van der Waals surface area contributed by atoms with Gasteiger partial charge in [-0.25, -0.2) is 0 Å². The van der Waals surface area contributed by atoms with Gasteiger partial charge >= 0.3 is 0 Å². The summed E-state index contributed by atoms with van der Waals surface area (Å²) >= 11 is 0. The minimum atomic E-state index is 0.318. The van der Waals surface area contributed by atoms with Gasteiger partial charge in [-0.15, -0.1) is 0 Å². The number of likely N-dealkylation sites (tertiary alicyclic amines) is 1. The number of rotatable bonds is 6. The van der Waals surface area contributed by atoms with Crippen molar-refractivity contribution in [3.63, 3.8) is 0 Å². The SMILES string of the molecule is CCNCC1(CN(C)C2CCCN(C)C2)CCCOC1. The van der Waals surface area contributed by atoms with Crippen molar-refractivity contribution in [3.05, 3.63) is 0 Å². The van der Waals surface area contributed by atoms with Crippen molar-refractivity contribution in [3.8, 4) is 0 Å². The average Bonchev–Trinajstić information content (AvgIpc) is 2.46. The summed E-state index contributed by atoms with van der Waals surface area (Å²) in [6, 6.07) is 0.717. The maximum Gasteiger partial charge on any atom is 0.0546 e. The third kappa shape index (κ3) is 4.42. The van der Waals surface area contributed by atoms with Crippen LogP contribution in [0.1, 0.15) is 32.6 Å². The Hall–Kier alpha value is -0.160. The van der Waals surface area contributed by atoms with E-state index in [-0.39, 0.29) is 0 Å². The van der Waals surface area contributed by atoms with Crippen molar-refractivity contribution in [2.24, 2.45) is 5.41 Å². The number of nitrogens with zero attached hydrogens (tertiary/aromatic N) is 2. The molecule has 2 unspecified atom stereocenters. The normalized spacial score (nSPS) is 32.7. The highest BCUT2D eigenvalue weighted by atomic mass is 16.5. The zero-order valence-electron chi connectivity index (χ0n) is 13.7. The van der Waals surface area contributed by atoms with Crippen LogP contribution in [0.5, 0.6) is 0 Å². The Kier molecular flexibility index (Phi) is 6.27. The molecule has 0 amide bonds. The van der Waals surface area contributed by atoms with Gasteiger partial charge < -0.3 is 19.9 Å². The van der Waals surface area contributed by atoms with E-state index in [9.17, 15) is 0 Å². The first-order valence-corrected chi connectivity index (χ1v) is 8.32. The second-order valence-corrected chi connectivity index (χ2v) is 6.91. The van der Waals surface area contributed by atoms with Crippen LogP contribution in [0.2, 0.25) is 0 Å². The van der Waals surface area contributed by atoms with Crippen LogP contribution in [0.4, 0.5) is 0 Å². The molecular formula is C16H33N3O. The first-order chi connectivity index (χ1) is 9.65. The van der Waals surface area contributed by atoms with E-state index in [4.69, 9.17) is 4.74 Å². The second kappa shape index (κ2) is 7.74. The van der Waals surface area contributed by atoms with Crippen LogP contribution in [-0.4, -0.2) is 75.9 Å². The summed E-state index contributed by atoms with van der Waals surface area (Å²) in [7, 11) is 4.56. The van der Waals surface area contributed by atoms with Gasteiger partial charge in [0.15, 0.2) is 0 Å². The van der Waals surface area contributed by atoms with Crippen LogP contribution in [-0.2, 0) is 4.74 Å². The molecule has 4 nitrogen and oxygen atoms in total. The number of likely N-dealkylation sites (N-methyl/N-ethyl adjacent to an activating group) is 2. The van der Waals surface area contributed by atoms with Gasteiger partial charge in [0.2, 0.25) is 0 Å². The quantitative estimate of drug-likeness (QED) is 0.798. The zero-order chi connectivity index (χ0) is 14.4. The van der Waals surface area contributed by atoms with Gasteiger partial charge in [-0.2, -0.15) is 0 Å². The van der Waals surface area contributed by atoms with Gasteiger partial charge in [-0.3, -0.25) is 0 Å². The van der Waals surface area contributed by atoms with E-state index in [0.717, 1.165) is 26.3 Å². The standard InChI is InChI=1S/C16H33N3O/c1-4-17-12-16(8-6-10-20-14-16)13-19(3)15-7-5-9-18(2)11-15/h15,17H,4-14H2,1-3H3. The molecule has 2 aliphatic heterocycles. The number of hydrogen-bond acceptors (Lipinski definition) is 4. The molecule has 2 rings (SSSR count). The Morgan fingerprint density at radius 3 is 2.90 bits per heavy atom. The molecule has 0 spiro atoms. The Labute approximate surface area is 124 Å². The predicted octanol–water partition coefficient (Wildman–Crippen LogP) is 1.42. The Morgan fingerprint density at radius 1 is 1.40 bits per heavy atom. The van der Waals surface area contributed by atoms with Gasteiger partial charge in [-0.05, 0) is 52.9 Å². The van der Waals surface area contributed by atoms with Gasteiger partial charge in [-0.1, -0.05) is 6.92 Å². The molecule has 20 heavy (non-hydrogen) atoms. The zero-order valence-corrected chi connectivity index (χ0v) is 13.7. The van der Waals surface area contributed by atoms with Crippen LogP contribution in [0.3, 0.4) is 0 Å². The van der Waals surface area contributed by atoms with Crippen LogP contribution in [0.25, 0.3) is 0 Å². The molecule has 0 bridgehead atoms. The van der Waals surface area contributed by atoms with E-state index in [0.29, 0.717) is 11.5 Å². The fourth-order valence-electron chi connectivity index (χ4n) is 3.78.